The van der Waals surface area contributed by atoms with Crippen molar-refractivity contribution in [2.45, 2.75) is 112 Å². The van der Waals surface area contributed by atoms with Crippen LogP contribution >= 0.6 is 45.2 Å². The smallest absolute Gasteiger partial charge is 0.307 e. The Labute approximate surface area is 187 Å². The van der Waals surface area contributed by atoms with Gasteiger partial charge in [0, 0.05) is 0 Å². The van der Waals surface area contributed by atoms with Gasteiger partial charge in [-0.15, -0.1) is 0 Å². The molecule has 0 N–H and O–H groups in total. The first-order valence-corrected chi connectivity index (χ1v) is 12.7. The lowest BCUT2D eigenvalue weighted by Gasteiger charge is -2.13. The van der Waals surface area contributed by atoms with Gasteiger partial charge in [-0.25, -0.2) is 0 Å². The van der Waals surface area contributed by atoms with Crippen LogP contribution in [0.2, 0.25) is 0 Å². The third kappa shape index (κ3) is 17.8. The van der Waals surface area contributed by atoms with Crippen molar-refractivity contribution in [2.24, 2.45) is 0 Å². The predicted molar refractivity (Wildman–Crippen MR) is 124 cm³/mol. The van der Waals surface area contributed by atoms with Crippen LogP contribution in [0.4, 0.5) is 0 Å². The SMILES string of the molecule is CCCCCCCC(I)OC(=O)CCC(=O)OC(I)CCCCCCC. The van der Waals surface area contributed by atoms with Gasteiger partial charge in [-0.3, -0.25) is 9.59 Å². The van der Waals surface area contributed by atoms with E-state index in [4.69, 9.17) is 9.47 Å². The lowest BCUT2D eigenvalue weighted by atomic mass is 10.1. The van der Waals surface area contributed by atoms with Gasteiger partial charge in [0.1, 0.15) is 0 Å². The molecule has 0 saturated heterocycles. The van der Waals surface area contributed by atoms with Crippen molar-refractivity contribution in [3.8, 4) is 0 Å². The second-order valence-corrected chi connectivity index (χ2v) is 9.48. The van der Waals surface area contributed by atoms with Crippen LogP contribution < -0.4 is 0 Å². The molecule has 0 aliphatic rings. The number of rotatable bonds is 17. The fraction of sp³-hybridized carbons (Fsp3) is 0.900. The van der Waals surface area contributed by atoms with Gasteiger partial charge < -0.3 is 9.47 Å². The number of alkyl halides is 2. The molecular formula is C20H36I2O4. The molecule has 0 amide bonds. The second-order valence-electron chi connectivity index (χ2n) is 6.71. The number of esters is 2. The first-order chi connectivity index (χ1) is 12.5. The van der Waals surface area contributed by atoms with Crippen LogP contribution in [0.1, 0.15) is 104 Å². The zero-order valence-corrected chi connectivity index (χ0v) is 20.8. The van der Waals surface area contributed by atoms with Crippen molar-refractivity contribution in [3.05, 3.63) is 0 Å². The Hall–Kier alpha value is 0.400. The van der Waals surface area contributed by atoms with Gasteiger partial charge in [0.25, 0.3) is 0 Å². The molecule has 0 saturated carbocycles. The van der Waals surface area contributed by atoms with E-state index in [9.17, 15) is 9.59 Å². The summed E-state index contributed by atoms with van der Waals surface area (Å²) in [6.07, 6.45) is 14.0. The average Bonchev–Trinajstić information content (AvgIpc) is 2.59. The summed E-state index contributed by atoms with van der Waals surface area (Å²) in [4.78, 5) is 23.6. The van der Waals surface area contributed by atoms with E-state index in [0.717, 1.165) is 25.7 Å². The number of unbranched alkanes of at least 4 members (excludes halogenated alkanes) is 8. The first-order valence-electron chi connectivity index (χ1n) is 10.2. The number of carbonyl (C=O) groups is 2. The molecule has 2 unspecified atom stereocenters. The maximum atomic E-state index is 11.8. The van der Waals surface area contributed by atoms with Gasteiger partial charge in [-0.2, -0.15) is 0 Å². The van der Waals surface area contributed by atoms with Gasteiger partial charge in [-0.05, 0) is 70.9 Å². The van der Waals surface area contributed by atoms with Crippen molar-refractivity contribution in [2.75, 3.05) is 0 Å². The Balaban J connectivity index is 3.68. The second kappa shape index (κ2) is 18.7. The largest absolute Gasteiger partial charge is 0.452 e. The fourth-order valence-corrected chi connectivity index (χ4v) is 3.99. The van der Waals surface area contributed by atoms with E-state index in [-0.39, 0.29) is 33.0 Å². The summed E-state index contributed by atoms with van der Waals surface area (Å²) in [5, 5.41) is 0. The van der Waals surface area contributed by atoms with Crippen molar-refractivity contribution in [1.82, 2.24) is 0 Å². The molecule has 0 heterocycles. The van der Waals surface area contributed by atoms with Crippen LogP contribution in [-0.4, -0.2) is 20.2 Å². The number of carbonyl (C=O) groups excluding carboxylic acids is 2. The molecule has 0 aliphatic carbocycles. The Bertz CT molecular complexity index is 330. The Morgan fingerprint density at radius 1 is 0.654 bits per heavy atom. The number of hydrogen-bond donors (Lipinski definition) is 0. The summed E-state index contributed by atoms with van der Waals surface area (Å²) in [7, 11) is 0. The van der Waals surface area contributed by atoms with E-state index < -0.39 is 0 Å². The van der Waals surface area contributed by atoms with Gasteiger partial charge in [0.2, 0.25) is 0 Å². The quantitative estimate of drug-likeness (QED) is 0.0781. The third-order valence-electron chi connectivity index (χ3n) is 4.12. The van der Waals surface area contributed by atoms with Crippen molar-refractivity contribution >= 4 is 57.1 Å². The molecule has 0 spiro atoms. The van der Waals surface area contributed by atoms with E-state index in [1.165, 1.54) is 51.4 Å². The maximum absolute atomic E-state index is 11.8. The summed E-state index contributed by atoms with van der Waals surface area (Å²) in [5.74, 6) is -0.612. The number of hydrogen-bond acceptors (Lipinski definition) is 4. The van der Waals surface area contributed by atoms with Crippen molar-refractivity contribution in [1.29, 1.82) is 0 Å². The highest BCUT2D eigenvalue weighted by atomic mass is 127. The molecule has 0 radical (unpaired) electrons. The summed E-state index contributed by atoms with van der Waals surface area (Å²) < 4.78 is 10.5. The molecule has 2 atom stereocenters. The minimum absolute atomic E-state index is 0.0989. The maximum Gasteiger partial charge on any atom is 0.307 e. The molecule has 0 aromatic carbocycles. The van der Waals surface area contributed by atoms with E-state index >= 15 is 0 Å². The summed E-state index contributed by atoms with van der Waals surface area (Å²) >= 11 is 4.32. The molecule has 0 rings (SSSR count). The number of ether oxygens (including phenoxy) is 2. The van der Waals surface area contributed by atoms with Crippen molar-refractivity contribution < 1.29 is 19.1 Å². The van der Waals surface area contributed by atoms with Crippen LogP contribution in [0.15, 0.2) is 0 Å². The van der Waals surface area contributed by atoms with Crippen LogP contribution in [0.3, 0.4) is 0 Å². The third-order valence-corrected chi connectivity index (χ3v) is 5.88. The highest BCUT2D eigenvalue weighted by Gasteiger charge is 2.15. The minimum atomic E-state index is -0.306. The molecular weight excluding hydrogens is 558 g/mol. The molecule has 0 aliphatic heterocycles. The van der Waals surface area contributed by atoms with Crippen molar-refractivity contribution in [3.63, 3.8) is 0 Å². The summed E-state index contributed by atoms with van der Waals surface area (Å²) in [6.45, 7) is 4.39. The summed E-state index contributed by atoms with van der Waals surface area (Å²) in [6, 6.07) is 0. The van der Waals surface area contributed by atoms with E-state index in [0.29, 0.717) is 0 Å². The predicted octanol–water partition coefficient (Wildman–Crippen LogP) is 7.10. The van der Waals surface area contributed by atoms with Gasteiger partial charge in [-0.1, -0.05) is 65.2 Å². The molecule has 4 nitrogen and oxygen atoms in total. The molecule has 6 heteroatoms. The average molecular weight is 594 g/mol. The molecule has 0 bridgehead atoms. The summed E-state index contributed by atoms with van der Waals surface area (Å²) in [5.41, 5.74) is 0. The molecule has 0 fully saturated rings. The Morgan fingerprint density at radius 3 is 1.35 bits per heavy atom. The molecule has 26 heavy (non-hydrogen) atoms. The molecule has 0 aromatic rings. The van der Waals surface area contributed by atoms with Crippen LogP contribution in [0, 0.1) is 0 Å². The van der Waals surface area contributed by atoms with Gasteiger partial charge in [0.15, 0.2) is 8.22 Å². The van der Waals surface area contributed by atoms with Gasteiger partial charge in [0.05, 0.1) is 12.8 Å². The fourth-order valence-electron chi connectivity index (χ4n) is 2.54. The van der Waals surface area contributed by atoms with E-state index in [1.807, 2.05) is 0 Å². The molecule has 154 valence electrons. The number of halogens is 2. The minimum Gasteiger partial charge on any atom is -0.452 e. The van der Waals surface area contributed by atoms with Crippen LogP contribution in [0.5, 0.6) is 0 Å². The lowest BCUT2D eigenvalue weighted by molar-refractivity contribution is -0.151. The zero-order valence-electron chi connectivity index (χ0n) is 16.4. The topological polar surface area (TPSA) is 52.6 Å². The monoisotopic (exact) mass is 594 g/mol. The van der Waals surface area contributed by atoms with E-state index in [2.05, 4.69) is 59.0 Å². The normalized spacial score (nSPS) is 13.2. The molecule has 0 aromatic heterocycles. The van der Waals surface area contributed by atoms with E-state index in [1.54, 1.807) is 0 Å². The van der Waals surface area contributed by atoms with Crippen LogP contribution in [0.25, 0.3) is 0 Å². The zero-order chi connectivity index (χ0) is 19.6. The lowest BCUT2D eigenvalue weighted by Crippen LogP contribution is -2.16. The highest BCUT2D eigenvalue weighted by Crippen LogP contribution is 2.17. The highest BCUT2D eigenvalue weighted by molar-refractivity contribution is 14.1. The Morgan fingerprint density at radius 2 is 1.00 bits per heavy atom. The van der Waals surface area contributed by atoms with Gasteiger partial charge >= 0.3 is 11.9 Å². The van der Waals surface area contributed by atoms with Crippen LogP contribution in [-0.2, 0) is 19.1 Å². The first kappa shape index (κ1) is 26.4. The standard InChI is InChI=1S/C20H36I2O4/c1-3-5-7-9-11-13-17(21)25-19(23)15-16-20(24)26-18(22)14-12-10-8-6-4-2/h17-18H,3-16H2,1-2H3. The Kier molecular flexibility index (Phi) is 19.0.